The Kier molecular flexibility index (Phi) is 5.21. The van der Waals surface area contributed by atoms with E-state index in [0.29, 0.717) is 30.6 Å². The van der Waals surface area contributed by atoms with Crippen molar-refractivity contribution in [1.29, 1.82) is 0 Å². The summed E-state index contributed by atoms with van der Waals surface area (Å²) in [5.74, 6) is -0.522. The van der Waals surface area contributed by atoms with Crippen molar-refractivity contribution >= 4 is 17.5 Å². The lowest BCUT2D eigenvalue weighted by Gasteiger charge is -2.25. The number of anilines is 1. The van der Waals surface area contributed by atoms with Gasteiger partial charge in [-0.2, -0.15) is 5.10 Å². The molecule has 1 unspecified atom stereocenters. The van der Waals surface area contributed by atoms with E-state index < -0.39 is 5.41 Å². The van der Waals surface area contributed by atoms with Crippen LogP contribution in [0.3, 0.4) is 0 Å². The summed E-state index contributed by atoms with van der Waals surface area (Å²) in [4.78, 5) is 30.5. The van der Waals surface area contributed by atoms with Gasteiger partial charge in [-0.15, -0.1) is 0 Å². The van der Waals surface area contributed by atoms with Crippen molar-refractivity contribution in [2.45, 2.75) is 18.4 Å². The van der Waals surface area contributed by atoms with E-state index in [9.17, 15) is 9.59 Å². The van der Waals surface area contributed by atoms with Crippen molar-refractivity contribution < 1.29 is 14.0 Å². The van der Waals surface area contributed by atoms with Crippen LogP contribution in [0.5, 0.6) is 0 Å². The van der Waals surface area contributed by atoms with Gasteiger partial charge in [0.05, 0.1) is 18.2 Å². The maximum atomic E-state index is 15.2. The highest BCUT2D eigenvalue weighted by atomic mass is 19.1. The molecule has 1 spiro atoms. The molecule has 2 aliphatic rings. The van der Waals surface area contributed by atoms with Crippen LogP contribution in [-0.2, 0) is 23.8 Å². The molecule has 1 saturated heterocycles. The number of carbonyl (C=O) groups is 2. The summed E-state index contributed by atoms with van der Waals surface area (Å²) < 4.78 is 16.9. The normalized spacial score (nSPS) is 18.8. The summed E-state index contributed by atoms with van der Waals surface area (Å²) in [6, 6.07) is 21.9. The van der Waals surface area contributed by atoms with Gasteiger partial charge >= 0.3 is 0 Å². The van der Waals surface area contributed by atoms with Crippen LogP contribution in [0, 0.1) is 5.82 Å². The topological polar surface area (TPSA) is 58.4 Å². The molecular weight excluding hydrogens is 455 g/mol. The summed E-state index contributed by atoms with van der Waals surface area (Å²) in [5, 5.41) is 4.16. The molecule has 7 heteroatoms. The molecule has 0 aliphatic carbocycles. The van der Waals surface area contributed by atoms with E-state index in [4.69, 9.17) is 0 Å². The Hall–Kier alpha value is -4.26. The number of halogens is 1. The van der Waals surface area contributed by atoms with Gasteiger partial charge in [0.25, 0.3) is 5.91 Å². The number of likely N-dealkylation sites (tertiary alicyclic amines) is 1. The third-order valence-electron chi connectivity index (χ3n) is 7.36. The van der Waals surface area contributed by atoms with Crippen LogP contribution in [0.4, 0.5) is 10.1 Å². The number of aryl methyl sites for hydroxylation is 1. The SMILES string of the molecule is Cn1cc(-c2ccc(CN3C(=O)C4(CCN(C(=O)c5ccccc5)C4)c4ccccc43)c(F)c2)cn1. The van der Waals surface area contributed by atoms with Crippen molar-refractivity contribution in [1.82, 2.24) is 14.7 Å². The molecule has 180 valence electrons. The van der Waals surface area contributed by atoms with Crippen LogP contribution in [0.25, 0.3) is 11.1 Å². The van der Waals surface area contributed by atoms with Gasteiger partial charge in [-0.3, -0.25) is 14.3 Å². The number of fused-ring (bicyclic) bond motifs is 2. The van der Waals surface area contributed by atoms with Gasteiger partial charge in [-0.1, -0.05) is 48.5 Å². The summed E-state index contributed by atoms with van der Waals surface area (Å²) in [6.45, 7) is 0.939. The second-order valence-corrected chi connectivity index (χ2v) is 9.54. The van der Waals surface area contributed by atoms with Gasteiger partial charge in [0.1, 0.15) is 5.82 Å². The van der Waals surface area contributed by atoms with E-state index in [2.05, 4.69) is 5.10 Å². The van der Waals surface area contributed by atoms with Gasteiger partial charge < -0.3 is 9.80 Å². The number of hydrogen-bond acceptors (Lipinski definition) is 3. The van der Waals surface area contributed by atoms with Crippen molar-refractivity contribution in [2.24, 2.45) is 7.05 Å². The fraction of sp³-hybridized carbons (Fsp3) is 0.207. The van der Waals surface area contributed by atoms with Gasteiger partial charge in [-0.05, 0) is 41.8 Å². The first kappa shape index (κ1) is 22.2. The lowest BCUT2D eigenvalue weighted by molar-refractivity contribution is -0.122. The number of benzene rings is 3. The smallest absolute Gasteiger partial charge is 0.253 e. The first-order valence-electron chi connectivity index (χ1n) is 12.0. The van der Waals surface area contributed by atoms with Gasteiger partial charge in [0.15, 0.2) is 0 Å². The molecule has 2 amide bonds. The van der Waals surface area contributed by atoms with Crippen molar-refractivity contribution in [3.8, 4) is 11.1 Å². The van der Waals surface area contributed by atoms with E-state index >= 15 is 4.39 Å². The number of hydrogen-bond donors (Lipinski definition) is 0. The first-order chi connectivity index (χ1) is 17.5. The number of para-hydroxylation sites is 1. The van der Waals surface area contributed by atoms with E-state index in [1.54, 1.807) is 38.9 Å². The Bertz CT molecular complexity index is 1480. The van der Waals surface area contributed by atoms with Crippen molar-refractivity contribution in [2.75, 3.05) is 18.0 Å². The Balaban J connectivity index is 1.29. The maximum Gasteiger partial charge on any atom is 0.253 e. The molecule has 6 rings (SSSR count). The average molecular weight is 481 g/mol. The molecule has 0 saturated carbocycles. The summed E-state index contributed by atoms with van der Waals surface area (Å²) in [6.07, 6.45) is 4.07. The molecule has 3 heterocycles. The van der Waals surface area contributed by atoms with Gasteiger partial charge in [0, 0.05) is 48.7 Å². The quantitative estimate of drug-likeness (QED) is 0.430. The monoisotopic (exact) mass is 480 g/mol. The van der Waals surface area contributed by atoms with Gasteiger partial charge in [0.2, 0.25) is 5.91 Å². The third-order valence-corrected chi connectivity index (χ3v) is 7.36. The fourth-order valence-corrected chi connectivity index (χ4v) is 5.49. The minimum atomic E-state index is -0.812. The number of amides is 2. The van der Waals surface area contributed by atoms with Crippen molar-refractivity contribution in [3.05, 3.63) is 108 Å². The number of aromatic nitrogens is 2. The van der Waals surface area contributed by atoms with E-state index in [1.165, 1.54) is 6.07 Å². The average Bonchev–Trinajstić information content (AvgIpc) is 3.60. The number of nitrogens with zero attached hydrogens (tertiary/aromatic N) is 4. The molecule has 36 heavy (non-hydrogen) atoms. The third kappa shape index (κ3) is 3.50. The Morgan fingerprint density at radius 1 is 1.03 bits per heavy atom. The molecule has 2 aliphatic heterocycles. The van der Waals surface area contributed by atoms with Crippen LogP contribution in [0.1, 0.15) is 27.9 Å². The Morgan fingerprint density at radius 3 is 2.56 bits per heavy atom. The predicted octanol–water partition coefficient (Wildman–Crippen LogP) is 4.56. The predicted molar refractivity (Wildman–Crippen MR) is 135 cm³/mol. The summed E-state index contributed by atoms with van der Waals surface area (Å²) in [7, 11) is 1.82. The molecule has 6 nitrogen and oxygen atoms in total. The summed E-state index contributed by atoms with van der Waals surface area (Å²) in [5.41, 5.74) is 3.50. The lowest BCUT2D eigenvalue weighted by Crippen LogP contribution is -2.43. The largest absolute Gasteiger partial charge is 0.337 e. The molecule has 4 aromatic rings. The molecule has 0 bridgehead atoms. The standard InChI is InChI=1S/C29H25FN4O2/c1-32-17-23(16-31-32)21-11-12-22(25(30)15-21)18-34-26-10-6-5-9-24(26)29(28(34)36)13-14-33(19-29)27(35)20-7-3-2-4-8-20/h2-12,15-17H,13-14,18-19H2,1H3. The summed E-state index contributed by atoms with van der Waals surface area (Å²) >= 11 is 0. The second kappa shape index (κ2) is 8.45. The van der Waals surface area contributed by atoms with Crippen LogP contribution < -0.4 is 4.90 Å². The Morgan fingerprint density at radius 2 is 1.81 bits per heavy atom. The first-order valence-corrected chi connectivity index (χ1v) is 12.0. The molecule has 1 atom stereocenters. The van der Waals surface area contributed by atoms with Crippen LogP contribution in [-0.4, -0.2) is 39.6 Å². The molecular formula is C29H25FN4O2. The van der Waals surface area contributed by atoms with Crippen LogP contribution in [0.2, 0.25) is 0 Å². The molecule has 1 aromatic heterocycles. The van der Waals surface area contributed by atoms with E-state index in [-0.39, 0.29) is 24.2 Å². The highest BCUT2D eigenvalue weighted by Gasteiger charge is 2.55. The number of rotatable bonds is 4. The highest BCUT2D eigenvalue weighted by molar-refractivity contribution is 6.09. The van der Waals surface area contributed by atoms with E-state index in [1.807, 2.05) is 61.8 Å². The van der Waals surface area contributed by atoms with Gasteiger partial charge in [-0.25, -0.2) is 4.39 Å². The minimum Gasteiger partial charge on any atom is -0.337 e. The number of carbonyl (C=O) groups excluding carboxylic acids is 2. The minimum absolute atomic E-state index is 0.0757. The molecule has 1 fully saturated rings. The zero-order valence-corrected chi connectivity index (χ0v) is 19.9. The molecule has 0 radical (unpaired) electrons. The maximum absolute atomic E-state index is 15.2. The van der Waals surface area contributed by atoms with E-state index in [0.717, 1.165) is 22.4 Å². The lowest BCUT2D eigenvalue weighted by atomic mass is 9.81. The zero-order chi connectivity index (χ0) is 24.9. The second-order valence-electron chi connectivity index (χ2n) is 9.54. The van der Waals surface area contributed by atoms with Crippen LogP contribution in [0.15, 0.2) is 85.2 Å². The van der Waals surface area contributed by atoms with Crippen LogP contribution >= 0.6 is 0 Å². The highest BCUT2D eigenvalue weighted by Crippen LogP contribution is 2.48. The zero-order valence-electron chi connectivity index (χ0n) is 19.9. The fourth-order valence-electron chi connectivity index (χ4n) is 5.49. The molecule has 3 aromatic carbocycles. The van der Waals surface area contributed by atoms with Crippen molar-refractivity contribution in [3.63, 3.8) is 0 Å². The molecule has 0 N–H and O–H groups in total. The Labute approximate surface area is 208 Å².